The van der Waals surface area contributed by atoms with E-state index in [0.29, 0.717) is 19.3 Å². The molecule has 0 aliphatic rings. The zero-order valence-corrected chi connectivity index (χ0v) is 11.4. The van der Waals surface area contributed by atoms with Crippen LogP contribution in [0.3, 0.4) is 0 Å². The van der Waals surface area contributed by atoms with Crippen LogP contribution in [0.4, 0.5) is 0 Å². The average molecular weight is 278 g/mol. The molecule has 0 saturated carbocycles. The van der Waals surface area contributed by atoms with Crippen LogP contribution in [0.25, 0.3) is 0 Å². The molecule has 98 valence electrons. The van der Waals surface area contributed by atoms with Crippen LogP contribution in [0, 0.1) is 0 Å². The molecule has 17 heavy (non-hydrogen) atoms. The highest BCUT2D eigenvalue weighted by molar-refractivity contribution is 7.89. The van der Waals surface area contributed by atoms with Crippen molar-refractivity contribution >= 4 is 21.4 Å². The zero-order valence-electron chi connectivity index (χ0n) is 9.80. The van der Waals surface area contributed by atoms with E-state index >= 15 is 0 Å². The maximum atomic E-state index is 11.8. The lowest BCUT2D eigenvalue weighted by atomic mass is 10.3. The minimum absolute atomic E-state index is 0.0270. The van der Waals surface area contributed by atoms with Crippen LogP contribution in [0.1, 0.15) is 37.2 Å². The highest BCUT2D eigenvalue weighted by atomic mass is 32.2. The third-order valence-electron chi connectivity index (χ3n) is 2.30. The van der Waals surface area contributed by atoms with E-state index in [1.165, 1.54) is 11.3 Å². The third kappa shape index (κ3) is 5.12. The van der Waals surface area contributed by atoms with Gasteiger partial charge in [0.05, 0.1) is 11.8 Å². The summed E-state index contributed by atoms with van der Waals surface area (Å²) < 4.78 is 26.2. The molecule has 0 bridgehead atoms. The molecule has 1 aromatic heterocycles. The quantitative estimate of drug-likeness (QED) is 0.702. The fourth-order valence-corrected chi connectivity index (χ4v) is 3.66. The predicted octanol–water partition coefficient (Wildman–Crippen LogP) is 1.29. The second-order valence-corrected chi connectivity index (χ2v) is 6.50. The van der Waals surface area contributed by atoms with Crippen molar-refractivity contribution < 1.29 is 13.5 Å². The molecule has 0 spiro atoms. The highest BCUT2D eigenvalue weighted by Crippen LogP contribution is 2.19. The predicted molar refractivity (Wildman–Crippen MR) is 68.4 cm³/mol. The molecule has 0 radical (unpaired) electrons. The van der Waals surface area contributed by atoms with E-state index in [1.54, 1.807) is 6.20 Å². The van der Waals surface area contributed by atoms with Gasteiger partial charge in [0.2, 0.25) is 10.0 Å². The lowest BCUT2D eigenvalue weighted by Gasteiger charge is -2.14. The van der Waals surface area contributed by atoms with Crippen molar-refractivity contribution in [1.29, 1.82) is 0 Å². The Morgan fingerprint density at radius 1 is 1.53 bits per heavy atom. The van der Waals surface area contributed by atoms with Gasteiger partial charge in [-0.3, -0.25) is 0 Å². The van der Waals surface area contributed by atoms with Crippen LogP contribution in [0.2, 0.25) is 0 Å². The van der Waals surface area contributed by atoms with Crippen LogP contribution in [-0.2, 0) is 10.0 Å². The van der Waals surface area contributed by atoms with Crippen molar-refractivity contribution in [3.63, 3.8) is 0 Å². The SMILES string of the molecule is CCC(NS(=O)(=O)CCCCO)c1nccs1. The molecular weight excluding hydrogens is 260 g/mol. The second-order valence-electron chi connectivity index (χ2n) is 3.70. The van der Waals surface area contributed by atoms with Gasteiger partial charge < -0.3 is 5.11 Å². The van der Waals surface area contributed by atoms with Gasteiger partial charge in [-0.2, -0.15) is 0 Å². The van der Waals surface area contributed by atoms with Crippen molar-refractivity contribution in [2.24, 2.45) is 0 Å². The molecule has 1 unspecified atom stereocenters. The van der Waals surface area contributed by atoms with Gasteiger partial charge in [0.15, 0.2) is 0 Å². The Bertz CT molecular complexity index is 403. The van der Waals surface area contributed by atoms with E-state index in [1.807, 2.05) is 12.3 Å². The van der Waals surface area contributed by atoms with Crippen molar-refractivity contribution in [1.82, 2.24) is 9.71 Å². The van der Waals surface area contributed by atoms with Gasteiger partial charge in [-0.05, 0) is 19.3 Å². The van der Waals surface area contributed by atoms with Crippen LogP contribution in [0.15, 0.2) is 11.6 Å². The number of rotatable bonds is 8. The van der Waals surface area contributed by atoms with Crippen LogP contribution in [0.5, 0.6) is 0 Å². The number of hydrogen-bond donors (Lipinski definition) is 2. The first-order valence-electron chi connectivity index (χ1n) is 5.59. The Morgan fingerprint density at radius 2 is 2.29 bits per heavy atom. The summed E-state index contributed by atoms with van der Waals surface area (Å²) in [5, 5.41) is 11.2. The molecule has 0 aliphatic carbocycles. The number of aliphatic hydroxyl groups excluding tert-OH is 1. The number of unbranched alkanes of at least 4 members (excludes halogenated alkanes) is 1. The average Bonchev–Trinajstić information content (AvgIpc) is 2.79. The van der Waals surface area contributed by atoms with E-state index in [0.717, 1.165) is 5.01 Å². The Balaban J connectivity index is 2.56. The third-order valence-corrected chi connectivity index (χ3v) is 4.66. The summed E-state index contributed by atoms with van der Waals surface area (Å²) in [7, 11) is -3.29. The number of nitrogens with zero attached hydrogens (tertiary/aromatic N) is 1. The number of nitrogens with one attached hydrogen (secondary N) is 1. The number of thiazole rings is 1. The number of aliphatic hydroxyl groups is 1. The topological polar surface area (TPSA) is 79.3 Å². The van der Waals surface area contributed by atoms with E-state index in [9.17, 15) is 8.42 Å². The first-order chi connectivity index (χ1) is 8.09. The Morgan fingerprint density at radius 3 is 2.82 bits per heavy atom. The first kappa shape index (κ1) is 14.6. The van der Waals surface area contributed by atoms with Gasteiger partial charge in [0.25, 0.3) is 0 Å². The van der Waals surface area contributed by atoms with Crippen LogP contribution >= 0.6 is 11.3 Å². The van der Waals surface area contributed by atoms with Gasteiger partial charge in [-0.25, -0.2) is 18.1 Å². The molecule has 1 atom stereocenters. The Kier molecular flexibility index (Phi) is 6.04. The standard InChI is InChI=1S/C10H18N2O3S2/c1-2-9(10-11-5-7-16-10)12-17(14,15)8-4-3-6-13/h5,7,9,12-13H,2-4,6,8H2,1H3. The van der Waals surface area contributed by atoms with Gasteiger partial charge in [-0.15, -0.1) is 11.3 Å². The summed E-state index contributed by atoms with van der Waals surface area (Å²) in [6, 6.07) is -0.242. The lowest BCUT2D eigenvalue weighted by Crippen LogP contribution is -2.30. The summed E-state index contributed by atoms with van der Waals surface area (Å²) >= 11 is 1.45. The molecule has 0 fully saturated rings. The summed E-state index contributed by atoms with van der Waals surface area (Å²) in [6.07, 6.45) is 3.32. The van der Waals surface area contributed by atoms with Gasteiger partial charge in [0.1, 0.15) is 5.01 Å². The normalized spacial score (nSPS) is 13.8. The van der Waals surface area contributed by atoms with Gasteiger partial charge in [0, 0.05) is 18.2 Å². The van der Waals surface area contributed by atoms with Crippen molar-refractivity contribution in [3.05, 3.63) is 16.6 Å². The molecule has 1 rings (SSSR count). The van der Waals surface area contributed by atoms with Crippen molar-refractivity contribution in [2.75, 3.05) is 12.4 Å². The van der Waals surface area contributed by atoms with E-state index in [2.05, 4.69) is 9.71 Å². The maximum Gasteiger partial charge on any atom is 0.212 e. The first-order valence-corrected chi connectivity index (χ1v) is 8.12. The van der Waals surface area contributed by atoms with E-state index in [4.69, 9.17) is 5.11 Å². The largest absolute Gasteiger partial charge is 0.396 e. The molecule has 1 heterocycles. The number of hydrogen-bond acceptors (Lipinski definition) is 5. The number of sulfonamides is 1. The monoisotopic (exact) mass is 278 g/mol. The summed E-state index contributed by atoms with van der Waals surface area (Å²) in [6.45, 7) is 1.95. The summed E-state index contributed by atoms with van der Waals surface area (Å²) in [5.41, 5.74) is 0. The van der Waals surface area contributed by atoms with E-state index < -0.39 is 10.0 Å². The van der Waals surface area contributed by atoms with Crippen LogP contribution in [-0.4, -0.2) is 30.9 Å². The molecule has 2 N–H and O–H groups in total. The molecule has 0 saturated heterocycles. The van der Waals surface area contributed by atoms with Gasteiger partial charge >= 0.3 is 0 Å². The zero-order chi connectivity index (χ0) is 12.7. The molecule has 5 nitrogen and oxygen atoms in total. The summed E-state index contributed by atoms with van der Waals surface area (Å²) in [4.78, 5) is 4.12. The fourth-order valence-electron chi connectivity index (χ4n) is 1.39. The molecule has 1 aromatic rings. The highest BCUT2D eigenvalue weighted by Gasteiger charge is 2.19. The molecular formula is C10H18N2O3S2. The van der Waals surface area contributed by atoms with Crippen molar-refractivity contribution in [2.45, 2.75) is 32.2 Å². The minimum atomic E-state index is -3.29. The van der Waals surface area contributed by atoms with E-state index in [-0.39, 0.29) is 18.4 Å². The number of aromatic nitrogens is 1. The van der Waals surface area contributed by atoms with Gasteiger partial charge in [-0.1, -0.05) is 6.92 Å². The van der Waals surface area contributed by atoms with Crippen LogP contribution < -0.4 is 4.72 Å². The minimum Gasteiger partial charge on any atom is -0.396 e. The molecule has 0 amide bonds. The molecule has 0 aliphatic heterocycles. The molecule has 0 aromatic carbocycles. The maximum absolute atomic E-state index is 11.8. The summed E-state index contributed by atoms with van der Waals surface area (Å²) in [5.74, 6) is 0.0510. The Labute approximate surface area is 106 Å². The van der Waals surface area contributed by atoms with Crippen molar-refractivity contribution in [3.8, 4) is 0 Å². The second kappa shape index (κ2) is 7.05. The lowest BCUT2D eigenvalue weighted by molar-refractivity contribution is 0.287. The molecule has 7 heteroatoms. The Hall–Kier alpha value is -0.500. The smallest absolute Gasteiger partial charge is 0.212 e. The fraction of sp³-hybridized carbons (Fsp3) is 0.700.